The van der Waals surface area contributed by atoms with Crippen molar-refractivity contribution in [3.63, 3.8) is 0 Å². The van der Waals surface area contributed by atoms with Crippen LogP contribution < -0.4 is 0 Å². The highest BCUT2D eigenvalue weighted by atomic mass is 28.5. The molecule has 0 radical (unpaired) electrons. The van der Waals surface area contributed by atoms with E-state index in [1.54, 1.807) is 0 Å². The molecule has 0 bridgehead atoms. The summed E-state index contributed by atoms with van der Waals surface area (Å²) in [4.78, 5) is 0. The van der Waals surface area contributed by atoms with Crippen molar-refractivity contribution in [3.05, 3.63) is 0 Å². The molecule has 16 heavy (non-hydrogen) atoms. The molecule has 1 fully saturated rings. The first-order chi connectivity index (χ1) is 7.39. The Morgan fingerprint density at radius 1 is 0.688 bits per heavy atom. The van der Waals surface area contributed by atoms with Crippen molar-refractivity contribution in [1.82, 2.24) is 8.46 Å². The molecule has 96 valence electrons. The molecule has 1 aliphatic rings. The van der Waals surface area contributed by atoms with Crippen LogP contribution in [0.2, 0.25) is 26.2 Å². The molecule has 1 heterocycles. The lowest BCUT2D eigenvalue weighted by Gasteiger charge is -2.67. The Kier molecular flexibility index (Phi) is 4.81. The van der Waals surface area contributed by atoms with Crippen molar-refractivity contribution in [1.29, 1.82) is 0 Å². The summed E-state index contributed by atoms with van der Waals surface area (Å²) in [5.41, 5.74) is 0. The molecule has 0 aromatic heterocycles. The van der Waals surface area contributed by atoms with Crippen LogP contribution in [-0.2, 0) is 0 Å². The zero-order valence-corrected chi connectivity index (χ0v) is 14.1. The number of nitrogens with zero attached hydrogens (tertiary/aromatic N) is 2. The molecule has 0 aromatic rings. The fourth-order valence-corrected chi connectivity index (χ4v) is 18.2. The Hall–Kier alpha value is 0.354. The molecule has 0 atom stereocenters. The van der Waals surface area contributed by atoms with E-state index in [0.717, 1.165) is 0 Å². The van der Waals surface area contributed by atoms with Crippen LogP contribution in [-0.4, -0.2) is 38.3 Å². The second-order valence-corrected chi connectivity index (χ2v) is 15.0. The third-order valence-corrected chi connectivity index (χ3v) is 16.9. The summed E-state index contributed by atoms with van der Waals surface area (Å²) < 4.78 is 5.86. The largest absolute Gasteiger partial charge is 0.322 e. The van der Waals surface area contributed by atoms with E-state index in [4.69, 9.17) is 0 Å². The number of hydrogen-bond acceptors (Lipinski definition) is 2. The van der Waals surface area contributed by atoms with E-state index >= 15 is 0 Å². The first-order valence-corrected chi connectivity index (χ1v) is 12.7. The van der Waals surface area contributed by atoms with Gasteiger partial charge in [-0.25, -0.2) is 0 Å². The van der Waals surface area contributed by atoms with E-state index in [2.05, 4.69) is 48.5 Å². The van der Waals surface area contributed by atoms with Crippen LogP contribution in [0.3, 0.4) is 0 Å². The van der Waals surface area contributed by atoms with Gasteiger partial charge in [-0.05, 0) is 52.1 Å². The molecular weight excluding hydrogens is 228 g/mol. The van der Waals surface area contributed by atoms with E-state index in [1.165, 1.54) is 38.8 Å². The Morgan fingerprint density at radius 2 is 1.00 bits per heavy atom. The minimum atomic E-state index is -1.19. The van der Waals surface area contributed by atoms with Gasteiger partial charge in [0.25, 0.3) is 0 Å². The lowest BCUT2D eigenvalue weighted by atomic mass is 10.3. The Morgan fingerprint density at radius 3 is 1.25 bits per heavy atom. The van der Waals surface area contributed by atoms with Crippen molar-refractivity contribution < 1.29 is 0 Å². The predicted molar refractivity (Wildman–Crippen MR) is 78.2 cm³/mol. The molecule has 1 saturated heterocycles. The number of rotatable bonds is 6. The Balaban J connectivity index is 2.62. The van der Waals surface area contributed by atoms with Crippen molar-refractivity contribution in [2.45, 2.75) is 65.7 Å². The van der Waals surface area contributed by atoms with E-state index in [-0.39, 0.29) is 0 Å². The standard InChI is InChI=1S/C12H30N2Si2/c1-7-9-11-13-15(3,4)14(12-10-8-2)16(13,5)6/h7-12H2,1-6H3. The highest BCUT2D eigenvalue weighted by Gasteiger charge is 2.59. The Labute approximate surface area is 104 Å². The molecule has 0 N–H and O–H groups in total. The molecular formula is C12H30N2Si2. The maximum absolute atomic E-state index is 2.93. The van der Waals surface area contributed by atoms with Crippen LogP contribution >= 0.6 is 0 Å². The van der Waals surface area contributed by atoms with E-state index in [1.807, 2.05) is 0 Å². The number of unbranched alkanes of at least 4 members (excludes halogenated alkanes) is 2. The van der Waals surface area contributed by atoms with Crippen LogP contribution in [0.1, 0.15) is 39.5 Å². The first kappa shape index (κ1) is 14.4. The molecule has 0 spiro atoms. The van der Waals surface area contributed by atoms with Gasteiger partial charge in [0.1, 0.15) is 0 Å². The Bertz CT molecular complexity index is 193. The van der Waals surface area contributed by atoms with Crippen LogP contribution in [0.4, 0.5) is 0 Å². The quantitative estimate of drug-likeness (QED) is 0.672. The molecule has 1 rings (SSSR count). The normalized spacial score (nSPS) is 24.4. The minimum absolute atomic E-state index is 1.19. The lowest BCUT2D eigenvalue weighted by molar-refractivity contribution is 0.375. The number of hydrogen-bond donors (Lipinski definition) is 0. The van der Waals surface area contributed by atoms with Crippen molar-refractivity contribution in [2.75, 3.05) is 13.1 Å². The monoisotopic (exact) mass is 258 g/mol. The summed E-state index contributed by atoms with van der Waals surface area (Å²) in [6.07, 6.45) is 5.43. The summed E-state index contributed by atoms with van der Waals surface area (Å²) in [6.45, 7) is 17.5. The minimum Gasteiger partial charge on any atom is -0.322 e. The maximum Gasteiger partial charge on any atom is 0.189 e. The zero-order chi connectivity index (χ0) is 12.4. The fourth-order valence-electron chi connectivity index (χ4n) is 3.31. The van der Waals surface area contributed by atoms with Crippen LogP contribution in [0.25, 0.3) is 0 Å². The summed E-state index contributed by atoms with van der Waals surface area (Å²) in [5.74, 6) is 0. The molecule has 0 unspecified atom stereocenters. The first-order valence-electron chi connectivity index (χ1n) is 6.94. The second-order valence-electron chi connectivity index (χ2n) is 6.00. The van der Waals surface area contributed by atoms with Gasteiger partial charge in [0, 0.05) is 0 Å². The van der Waals surface area contributed by atoms with Crippen LogP contribution in [0.15, 0.2) is 0 Å². The van der Waals surface area contributed by atoms with Crippen LogP contribution in [0.5, 0.6) is 0 Å². The van der Waals surface area contributed by atoms with Crippen molar-refractivity contribution in [2.24, 2.45) is 0 Å². The third-order valence-electron chi connectivity index (χ3n) is 4.11. The fraction of sp³-hybridized carbons (Fsp3) is 1.00. The van der Waals surface area contributed by atoms with Gasteiger partial charge in [-0.1, -0.05) is 26.7 Å². The van der Waals surface area contributed by atoms with Gasteiger partial charge in [-0.2, -0.15) is 0 Å². The summed E-state index contributed by atoms with van der Waals surface area (Å²) in [6, 6.07) is 0. The van der Waals surface area contributed by atoms with Gasteiger partial charge in [-0.3, -0.25) is 0 Å². The topological polar surface area (TPSA) is 6.48 Å². The zero-order valence-electron chi connectivity index (χ0n) is 12.1. The van der Waals surface area contributed by atoms with Crippen molar-refractivity contribution in [3.8, 4) is 0 Å². The van der Waals surface area contributed by atoms with Gasteiger partial charge in [-0.15, -0.1) is 0 Å². The second kappa shape index (κ2) is 5.33. The van der Waals surface area contributed by atoms with Crippen molar-refractivity contribution >= 4 is 16.8 Å². The average Bonchev–Trinajstić information content (AvgIpc) is 2.17. The van der Waals surface area contributed by atoms with Crippen LogP contribution in [0, 0.1) is 0 Å². The van der Waals surface area contributed by atoms with Gasteiger partial charge in [0.05, 0.1) is 0 Å². The third kappa shape index (κ3) is 2.45. The van der Waals surface area contributed by atoms with Gasteiger partial charge < -0.3 is 8.46 Å². The smallest absolute Gasteiger partial charge is 0.189 e. The average molecular weight is 259 g/mol. The molecule has 0 aromatic carbocycles. The molecule has 2 nitrogen and oxygen atoms in total. The summed E-state index contributed by atoms with van der Waals surface area (Å²) in [5, 5.41) is 0. The molecule has 0 aliphatic carbocycles. The van der Waals surface area contributed by atoms with E-state index in [0.29, 0.717) is 0 Å². The summed E-state index contributed by atoms with van der Waals surface area (Å²) >= 11 is 0. The highest BCUT2D eigenvalue weighted by Crippen LogP contribution is 2.38. The lowest BCUT2D eigenvalue weighted by Crippen LogP contribution is -2.89. The van der Waals surface area contributed by atoms with E-state index < -0.39 is 16.8 Å². The van der Waals surface area contributed by atoms with Gasteiger partial charge in [0.15, 0.2) is 16.8 Å². The maximum atomic E-state index is 2.93. The predicted octanol–water partition coefficient (Wildman–Crippen LogP) is 3.61. The molecule has 4 heteroatoms. The van der Waals surface area contributed by atoms with Gasteiger partial charge in [0.2, 0.25) is 0 Å². The van der Waals surface area contributed by atoms with Gasteiger partial charge >= 0.3 is 0 Å². The highest BCUT2D eigenvalue weighted by molar-refractivity contribution is 7.03. The van der Waals surface area contributed by atoms with E-state index in [9.17, 15) is 0 Å². The molecule has 1 aliphatic heterocycles. The molecule has 0 amide bonds. The summed E-state index contributed by atoms with van der Waals surface area (Å²) in [7, 11) is -2.38. The SMILES string of the molecule is CCCCN1[Si](C)(C)N(CCCC)[Si]1(C)C. The molecule has 0 saturated carbocycles.